The van der Waals surface area contributed by atoms with Crippen LogP contribution in [0.1, 0.15) is 65.2 Å². The summed E-state index contributed by atoms with van der Waals surface area (Å²) in [6.07, 6.45) is 11.2. The second-order valence-corrected chi connectivity index (χ2v) is 8.49. The molecule has 22 heavy (non-hydrogen) atoms. The first-order chi connectivity index (χ1) is 10.7. The molecule has 3 aliphatic rings. The molecule has 3 nitrogen and oxygen atoms in total. The SMILES string of the molecule is C[C@@H]1CCCC[C@@H]1NCC1(CN[C@H]2CCCC[C@H]2C)COC1. The highest BCUT2D eigenvalue weighted by molar-refractivity contribution is 4.93. The van der Waals surface area contributed by atoms with E-state index < -0.39 is 0 Å². The van der Waals surface area contributed by atoms with Gasteiger partial charge >= 0.3 is 0 Å². The van der Waals surface area contributed by atoms with Gasteiger partial charge in [-0.3, -0.25) is 0 Å². The Morgan fingerprint density at radius 1 is 0.773 bits per heavy atom. The summed E-state index contributed by atoms with van der Waals surface area (Å²) in [4.78, 5) is 0. The summed E-state index contributed by atoms with van der Waals surface area (Å²) in [6.45, 7) is 8.99. The molecule has 2 N–H and O–H groups in total. The van der Waals surface area contributed by atoms with Crippen molar-refractivity contribution in [2.75, 3.05) is 26.3 Å². The van der Waals surface area contributed by atoms with Crippen molar-refractivity contribution in [3.8, 4) is 0 Å². The lowest BCUT2D eigenvalue weighted by atomic mass is 9.81. The molecule has 0 bridgehead atoms. The van der Waals surface area contributed by atoms with Gasteiger partial charge in [-0.05, 0) is 37.5 Å². The van der Waals surface area contributed by atoms with E-state index in [1.165, 1.54) is 51.4 Å². The summed E-state index contributed by atoms with van der Waals surface area (Å²) < 4.78 is 5.59. The average Bonchev–Trinajstić information content (AvgIpc) is 2.49. The fourth-order valence-corrected chi connectivity index (χ4v) is 4.59. The second kappa shape index (κ2) is 7.63. The molecule has 3 heteroatoms. The van der Waals surface area contributed by atoms with Crippen LogP contribution in [0.25, 0.3) is 0 Å². The van der Waals surface area contributed by atoms with Crippen molar-refractivity contribution in [2.24, 2.45) is 17.3 Å². The van der Waals surface area contributed by atoms with Crippen LogP contribution in [-0.2, 0) is 4.74 Å². The van der Waals surface area contributed by atoms with E-state index in [0.29, 0.717) is 5.41 Å². The maximum Gasteiger partial charge on any atom is 0.0569 e. The Labute approximate surface area is 137 Å². The van der Waals surface area contributed by atoms with E-state index >= 15 is 0 Å². The van der Waals surface area contributed by atoms with Crippen molar-refractivity contribution in [3.05, 3.63) is 0 Å². The predicted molar refractivity (Wildman–Crippen MR) is 92.1 cm³/mol. The summed E-state index contributed by atoms with van der Waals surface area (Å²) in [5.74, 6) is 1.69. The lowest BCUT2D eigenvalue weighted by Crippen LogP contribution is -2.59. The van der Waals surface area contributed by atoms with Gasteiger partial charge in [-0.2, -0.15) is 0 Å². The van der Waals surface area contributed by atoms with E-state index in [-0.39, 0.29) is 0 Å². The third kappa shape index (κ3) is 4.04. The third-order valence-electron chi connectivity index (χ3n) is 6.52. The summed E-state index contributed by atoms with van der Waals surface area (Å²) >= 11 is 0. The molecule has 1 aliphatic heterocycles. The number of nitrogens with one attached hydrogen (secondary N) is 2. The predicted octanol–water partition coefficient (Wildman–Crippen LogP) is 3.34. The van der Waals surface area contributed by atoms with Gasteiger partial charge in [0.15, 0.2) is 0 Å². The Morgan fingerprint density at radius 2 is 1.23 bits per heavy atom. The monoisotopic (exact) mass is 308 g/mol. The molecular formula is C19H36N2O. The number of ether oxygens (including phenoxy) is 1. The molecule has 1 heterocycles. The largest absolute Gasteiger partial charge is 0.380 e. The minimum atomic E-state index is 0.355. The highest BCUT2D eigenvalue weighted by atomic mass is 16.5. The van der Waals surface area contributed by atoms with Crippen LogP contribution in [0.3, 0.4) is 0 Å². The average molecular weight is 309 g/mol. The minimum Gasteiger partial charge on any atom is -0.380 e. The summed E-state index contributed by atoms with van der Waals surface area (Å²) in [5.41, 5.74) is 0.355. The summed E-state index contributed by atoms with van der Waals surface area (Å²) in [6, 6.07) is 1.47. The first-order valence-electron chi connectivity index (χ1n) is 9.73. The third-order valence-corrected chi connectivity index (χ3v) is 6.52. The van der Waals surface area contributed by atoms with Crippen LogP contribution in [0.2, 0.25) is 0 Å². The van der Waals surface area contributed by atoms with Crippen molar-refractivity contribution < 1.29 is 4.74 Å². The molecule has 3 rings (SSSR count). The molecule has 0 amide bonds. The maximum absolute atomic E-state index is 5.59. The van der Waals surface area contributed by atoms with Gasteiger partial charge in [0.05, 0.1) is 13.2 Å². The van der Waals surface area contributed by atoms with Crippen LogP contribution >= 0.6 is 0 Å². The van der Waals surface area contributed by atoms with E-state index in [1.807, 2.05) is 0 Å². The lowest BCUT2D eigenvalue weighted by molar-refractivity contribution is -0.112. The second-order valence-electron chi connectivity index (χ2n) is 8.49. The van der Waals surface area contributed by atoms with Gasteiger partial charge in [0.25, 0.3) is 0 Å². The molecule has 0 radical (unpaired) electrons. The fraction of sp³-hybridized carbons (Fsp3) is 1.00. The van der Waals surface area contributed by atoms with E-state index in [4.69, 9.17) is 4.74 Å². The molecule has 2 saturated carbocycles. The molecule has 0 unspecified atom stereocenters. The molecule has 128 valence electrons. The van der Waals surface area contributed by atoms with Gasteiger partial charge in [0.2, 0.25) is 0 Å². The van der Waals surface area contributed by atoms with Crippen LogP contribution in [0, 0.1) is 17.3 Å². The molecule has 0 spiro atoms. The van der Waals surface area contributed by atoms with Crippen LogP contribution in [-0.4, -0.2) is 38.4 Å². The van der Waals surface area contributed by atoms with Gasteiger partial charge in [-0.25, -0.2) is 0 Å². The van der Waals surface area contributed by atoms with Crippen LogP contribution in [0.15, 0.2) is 0 Å². The first kappa shape index (κ1) is 16.7. The molecular weight excluding hydrogens is 272 g/mol. The Morgan fingerprint density at radius 3 is 1.59 bits per heavy atom. The number of hydrogen-bond donors (Lipinski definition) is 2. The zero-order valence-corrected chi connectivity index (χ0v) is 14.7. The van der Waals surface area contributed by atoms with Gasteiger partial charge in [-0.15, -0.1) is 0 Å². The van der Waals surface area contributed by atoms with Crippen LogP contribution < -0.4 is 10.6 Å². The van der Waals surface area contributed by atoms with Crippen molar-refractivity contribution >= 4 is 0 Å². The first-order valence-corrected chi connectivity index (χ1v) is 9.73. The summed E-state index contributed by atoms with van der Waals surface area (Å²) in [7, 11) is 0. The van der Waals surface area contributed by atoms with E-state index in [0.717, 1.165) is 50.2 Å². The molecule has 4 atom stereocenters. The van der Waals surface area contributed by atoms with Crippen LogP contribution in [0.4, 0.5) is 0 Å². The van der Waals surface area contributed by atoms with E-state index in [9.17, 15) is 0 Å². The Hall–Kier alpha value is -0.120. The zero-order chi connectivity index (χ0) is 15.4. The van der Waals surface area contributed by atoms with Crippen molar-refractivity contribution in [1.82, 2.24) is 10.6 Å². The van der Waals surface area contributed by atoms with Gasteiger partial charge in [-0.1, -0.05) is 39.5 Å². The molecule has 0 aromatic carbocycles. The zero-order valence-electron chi connectivity index (χ0n) is 14.7. The highest BCUT2D eigenvalue weighted by Crippen LogP contribution is 2.30. The van der Waals surface area contributed by atoms with Crippen molar-refractivity contribution in [2.45, 2.75) is 77.3 Å². The van der Waals surface area contributed by atoms with Gasteiger partial charge < -0.3 is 15.4 Å². The lowest BCUT2D eigenvalue weighted by Gasteiger charge is -2.45. The normalized spacial score (nSPS) is 38.5. The standard InChI is InChI=1S/C19H36N2O/c1-15-7-3-5-9-17(15)20-11-19(13-22-14-19)12-21-18-10-6-4-8-16(18)2/h15-18,20-21H,3-14H2,1-2H3/t15-,16-,17+,18+/m1/s1. The smallest absolute Gasteiger partial charge is 0.0569 e. The van der Waals surface area contributed by atoms with Gasteiger partial charge in [0, 0.05) is 30.6 Å². The summed E-state index contributed by atoms with van der Waals surface area (Å²) in [5, 5.41) is 7.79. The number of rotatable bonds is 6. The molecule has 1 saturated heterocycles. The van der Waals surface area contributed by atoms with Crippen LogP contribution in [0.5, 0.6) is 0 Å². The topological polar surface area (TPSA) is 33.3 Å². The minimum absolute atomic E-state index is 0.355. The fourth-order valence-electron chi connectivity index (χ4n) is 4.59. The Balaban J connectivity index is 1.45. The molecule has 3 fully saturated rings. The Bertz CT molecular complexity index is 314. The molecule has 2 aliphatic carbocycles. The van der Waals surface area contributed by atoms with Gasteiger partial charge in [0.1, 0.15) is 0 Å². The van der Waals surface area contributed by atoms with Crippen molar-refractivity contribution in [1.29, 1.82) is 0 Å². The maximum atomic E-state index is 5.59. The Kier molecular flexibility index (Phi) is 5.80. The van der Waals surface area contributed by atoms with E-state index in [2.05, 4.69) is 24.5 Å². The quantitative estimate of drug-likeness (QED) is 0.789. The molecule has 0 aromatic heterocycles. The van der Waals surface area contributed by atoms with Crippen molar-refractivity contribution in [3.63, 3.8) is 0 Å². The van der Waals surface area contributed by atoms with E-state index in [1.54, 1.807) is 0 Å². The number of hydrogen-bond acceptors (Lipinski definition) is 3. The molecule has 0 aromatic rings. The highest BCUT2D eigenvalue weighted by Gasteiger charge is 2.40.